The molecular formula is C15H22N2O3. The van der Waals surface area contributed by atoms with Crippen molar-refractivity contribution in [3.05, 3.63) is 39.9 Å². The van der Waals surface area contributed by atoms with Gasteiger partial charge in [0.15, 0.2) is 0 Å². The summed E-state index contributed by atoms with van der Waals surface area (Å²) in [6.07, 6.45) is 6.06. The summed E-state index contributed by atoms with van der Waals surface area (Å²) in [4.78, 5) is 10.2. The maximum absolute atomic E-state index is 10.5. The highest BCUT2D eigenvalue weighted by atomic mass is 16.6. The van der Waals surface area contributed by atoms with Crippen molar-refractivity contribution >= 4 is 5.69 Å². The summed E-state index contributed by atoms with van der Waals surface area (Å²) in [6.45, 7) is 2.77. The number of non-ortho nitro benzene ring substituents is 1. The van der Waals surface area contributed by atoms with E-state index in [4.69, 9.17) is 4.74 Å². The van der Waals surface area contributed by atoms with E-state index in [2.05, 4.69) is 5.32 Å². The van der Waals surface area contributed by atoms with Gasteiger partial charge in [-0.2, -0.15) is 0 Å². The summed E-state index contributed by atoms with van der Waals surface area (Å²) in [7, 11) is 0. The van der Waals surface area contributed by atoms with Crippen LogP contribution in [0.1, 0.15) is 31.2 Å². The molecule has 0 aromatic heterocycles. The lowest BCUT2D eigenvalue weighted by molar-refractivity contribution is -0.384. The number of nitro groups is 1. The highest BCUT2D eigenvalue weighted by Gasteiger charge is 2.12. The van der Waals surface area contributed by atoms with Gasteiger partial charge in [-0.1, -0.05) is 12.1 Å². The molecule has 0 amide bonds. The van der Waals surface area contributed by atoms with Crippen molar-refractivity contribution in [3.8, 4) is 0 Å². The number of hydrogen-bond acceptors (Lipinski definition) is 4. The maximum atomic E-state index is 10.5. The fraction of sp³-hybridized carbons (Fsp3) is 0.600. The molecule has 110 valence electrons. The molecule has 2 rings (SSSR count). The van der Waals surface area contributed by atoms with Gasteiger partial charge in [-0.15, -0.1) is 0 Å². The summed E-state index contributed by atoms with van der Waals surface area (Å²) >= 11 is 0. The first-order chi connectivity index (χ1) is 9.75. The molecule has 0 aliphatic carbocycles. The number of benzene rings is 1. The van der Waals surface area contributed by atoms with Crippen LogP contribution in [0.15, 0.2) is 24.3 Å². The van der Waals surface area contributed by atoms with E-state index in [0.29, 0.717) is 6.10 Å². The number of ether oxygens (including phenoxy) is 1. The third-order valence-electron chi connectivity index (χ3n) is 3.65. The highest BCUT2D eigenvalue weighted by Crippen LogP contribution is 2.15. The molecule has 1 aliphatic heterocycles. The SMILES string of the molecule is O=[N+]([O-])c1ccc(CCNCCC2CCCCO2)cc1. The minimum absolute atomic E-state index is 0.149. The lowest BCUT2D eigenvalue weighted by atomic mass is 10.1. The third kappa shape index (κ3) is 4.90. The van der Waals surface area contributed by atoms with Crippen molar-refractivity contribution < 1.29 is 9.66 Å². The zero-order valence-electron chi connectivity index (χ0n) is 11.7. The van der Waals surface area contributed by atoms with E-state index in [1.54, 1.807) is 12.1 Å². The Hall–Kier alpha value is -1.46. The van der Waals surface area contributed by atoms with Gasteiger partial charge >= 0.3 is 0 Å². The molecule has 0 radical (unpaired) electrons. The second-order valence-electron chi connectivity index (χ2n) is 5.20. The molecule has 1 atom stereocenters. The van der Waals surface area contributed by atoms with Gasteiger partial charge < -0.3 is 10.1 Å². The van der Waals surface area contributed by atoms with E-state index in [1.165, 1.54) is 19.3 Å². The lowest BCUT2D eigenvalue weighted by Crippen LogP contribution is -2.26. The predicted octanol–water partition coefficient (Wildman–Crippen LogP) is 2.69. The predicted molar refractivity (Wildman–Crippen MR) is 77.9 cm³/mol. The molecule has 1 aliphatic rings. The largest absolute Gasteiger partial charge is 0.378 e. The zero-order chi connectivity index (χ0) is 14.2. The van der Waals surface area contributed by atoms with Crippen LogP contribution in [-0.2, 0) is 11.2 Å². The van der Waals surface area contributed by atoms with Gasteiger partial charge in [-0.3, -0.25) is 10.1 Å². The molecule has 0 spiro atoms. The molecule has 0 saturated carbocycles. The summed E-state index contributed by atoms with van der Waals surface area (Å²) in [6, 6.07) is 6.77. The van der Waals surface area contributed by atoms with E-state index < -0.39 is 0 Å². The van der Waals surface area contributed by atoms with Gasteiger partial charge in [-0.25, -0.2) is 0 Å². The molecule has 20 heavy (non-hydrogen) atoms. The first kappa shape index (κ1) is 14.9. The van der Waals surface area contributed by atoms with Gasteiger partial charge in [0.25, 0.3) is 5.69 Å². The van der Waals surface area contributed by atoms with Gasteiger partial charge in [0.1, 0.15) is 0 Å². The molecule has 1 saturated heterocycles. The number of nitro benzene ring substituents is 1. The third-order valence-corrected chi connectivity index (χ3v) is 3.65. The van der Waals surface area contributed by atoms with Crippen molar-refractivity contribution in [1.82, 2.24) is 5.32 Å². The molecule has 1 N–H and O–H groups in total. The van der Waals surface area contributed by atoms with Crippen LogP contribution in [0.4, 0.5) is 5.69 Å². The van der Waals surface area contributed by atoms with Gasteiger partial charge in [-0.05, 0) is 50.8 Å². The Labute approximate surface area is 119 Å². The molecule has 0 bridgehead atoms. The van der Waals surface area contributed by atoms with E-state index in [1.807, 2.05) is 12.1 Å². The van der Waals surface area contributed by atoms with Crippen LogP contribution in [0.2, 0.25) is 0 Å². The van der Waals surface area contributed by atoms with Gasteiger partial charge in [0, 0.05) is 18.7 Å². The lowest BCUT2D eigenvalue weighted by Gasteiger charge is -2.22. The van der Waals surface area contributed by atoms with Crippen LogP contribution >= 0.6 is 0 Å². The Kier molecular flexibility index (Phi) is 5.95. The summed E-state index contributed by atoms with van der Waals surface area (Å²) in [5.74, 6) is 0. The second kappa shape index (κ2) is 7.97. The fourth-order valence-corrected chi connectivity index (χ4v) is 2.44. The van der Waals surface area contributed by atoms with E-state index in [-0.39, 0.29) is 10.6 Å². The molecule has 1 fully saturated rings. The van der Waals surface area contributed by atoms with E-state index in [9.17, 15) is 10.1 Å². The number of rotatable bonds is 7. The van der Waals surface area contributed by atoms with Crippen LogP contribution in [0.3, 0.4) is 0 Å². The Balaban J connectivity index is 1.59. The van der Waals surface area contributed by atoms with Crippen molar-refractivity contribution in [2.24, 2.45) is 0 Å². The summed E-state index contributed by atoms with van der Waals surface area (Å²) in [5, 5.41) is 13.9. The molecule has 5 heteroatoms. The quantitative estimate of drug-likeness (QED) is 0.473. The number of nitrogens with one attached hydrogen (secondary N) is 1. The Morgan fingerprint density at radius 2 is 2.05 bits per heavy atom. The van der Waals surface area contributed by atoms with Crippen molar-refractivity contribution in [2.75, 3.05) is 19.7 Å². The molecule has 5 nitrogen and oxygen atoms in total. The topological polar surface area (TPSA) is 64.4 Å². The minimum Gasteiger partial charge on any atom is -0.378 e. The van der Waals surface area contributed by atoms with Gasteiger partial charge in [0.2, 0.25) is 0 Å². The Morgan fingerprint density at radius 3 is 2.70 bits per heavy atom. The van der Waals surface area contributed by atoms with E-state index >= 15 is 0 Å². The van der Waals surface area contributed by atoms with Crippen molar-refractivity contribution in [1.29, 1.82) is 0 Å². The first-order valence-corrected chi connectivity index (χ1v) is 7.31. The molecule has 1 aromatic rings. The number of nitrogens with zero attached hydrogens (tertiary/aromatic N) is 1. The zero-order valence-corrected chi connectivity index (χ0v) is 11.7. The molecule has 1 heterocycles. The summed E-state index contributed by atoms with van der Waals surface area (Å²) < 4.78 is 5.67. The highest BCUT2D eigenvalue weighted by molar-refractivity contribution is 5.32. The first-order valence-electron chi connectivity index (χ1n) is 7.31. The Morgan fingerprint density at radius 1 is 1.25 bits per heavy atom. The number of hydrogen-bond donors (Lipinski definition) is 1. The monoisotopic (exact) mass is 278 g/mol. The normalized spacial score (nSPS) is 18.9. The molecule has 1 aromatic carbocycles. The maximum Gasteiger partial charge on any atom is 0.269 e. The van der Waals surface area contributed by atoms with Crippen LogP contribution in [0.25, 0.3) is 0 Å². The van der Waals surface area contributed by atoms with Gasteiger partial charge in [0.05, 0.1) is 11.0 Å². The Bertz CT molecular complexity index is 414. The van der Waals surface area contributed by atoms with Crippen LogP contribution < -0.4 is 5.32 Å². The van der Waals surface area contributed by atoms with Crippen LogP contribution in [-0.4, -0.2) is 30.7 Å². The van der Waals surface area contributed by atoms with Crippen molar-refractivity contribution in [2.45, 2.75) is 38.2 Å². The van der Waals surface area contributed by atoms with Crippen LogP contribution in [0.5, 0.6) is 0 Å². The van der Waals surface area contributed by atoms with Crippen molar-refractivity contribution in [3.63, 3.8) is 0 Å². The minimum atomic E-state index is -0.369. The average Bonchev–Trinajstić information content (AvgIpc) is 2.48. The summed E-state index contributed by atoms with van der Waals surface area (Å²) in [5.41, 5.74) is 1.27. The molecule has 1 unspecified atom stereocenters. The second-order valence-corrected chi connectivity index (χ2v) is 5.20. The standard InChI is InChI=1S/C15H22N2O3/c18-17(19)14-6-4-13(5-7-14)8-10-16-11-9-15-3-1-2-12-20-15/h4-7,15-16H,1-3,8-12H2. The van der Waals surface area contributed by atoms with E-state index in [0.717, 1.165) is 38.1 Å². The van der Waals surface area contributed by atoms with Crippen LogP contribution in [0, 0.1) is 10.1 Å². The average molecular weight is 278 g/mol. The smallest absolute Gasteiger partial charge is 0.269 e. The fourth-order valence-electron chi connectivity index (χ4n) is 2.44. The molecular weight excluding hydrogens is 256 g/mol.